The molecule has 1 rings (SSSR count). The fourth-order valence-corrected chi connectivity index (χ4v) is 1.28. The predicted molar refractivity (Wildman–Crippen MR) is 54.8 cm³/mol. The molecule has 2 N–H and O–H groups in total. The molecule has 0 saturated heterocycles. The minimum absolute atomic E-state index is 0.151. The zero-order valence-electron chi connectivity index (χ0n) is 8.78. The summed E-state index contributed by atoms with van der Waals surface area (Å²) in [6, 6.07) is 6.35. The molecule has 0 aliphatic carbocycles. The van der Waals surface area contributed by atoms with E-state index in [1.807, 2.05) is 19.9 Å². The van der Waals surface area contributed by atoms with Crippen molar-refractivity contribution in [2.75, 3.05) is 0 Å². The van der Waals surface area contributed by atoms with Crippen LogP contribution in [-0.2, 0) is 0 Å². The number of nitrogens with two attached hydrogens (primary N) is 1. The van der Waals surface area contributed by atoms with Gasteiger partial charge >= 0.3 is 6.61 Å². The summed E-state index contributed by atoms with van der Waals surface area (Å²) in [6.07, 6.45) is 0. The van der Waals surface area contributed by atoms with Crippen LogP contribution in [0.15, 0.2) is 24.3 Å². The Balaban J connectivity index is 2.82. The van der Waals surface area contributed by atoms with Crippen LogP contribution in [0.4, 0.5) is 8.78 Å². The lowest BCUT2D eigenvalue weighted by atomic mass is 9.97. The quantitative estimate of drug-likeness (QED) is 0.838. The average Bonchev–Trinajstić information content (AvgIpc) is 2.16. The van der Waals surface area contributed by atoms with Gasteiger partial charge in [-0.05, 0) is 23.6 Å². The number of ether oxygens (including phenoxy) is 1. The molecule has 15 heavy (non-hydrogen) atoms. The molecule has 0 fully saturated rings. The third-order valence-corrected chi connectivity index (χ3v) is 2.19. The molecule has 0 bridgehead atoms. The number of rotatable bonds is 4. The number of halogens is 2. The predicted octanol–water partition coefficient (Wildman–Crippen LogP) is 2.94. The zero-order chi connectivity index (χ0) is 11.4. The van der Waals surface area contributed by atoms with Crippen molar-refractivity contribution in [1.82, 2.24) is 0 Å². The van der Waals surface area contributed by atoms with Crippen LogP contribution in [0.25, 0.3) is 0 Å². The molecular weight excluding hydrogens is 200 g/mol. The zero-order valence-corrected chi connectivity index (χ0v) is 8.78. The van der Waals surface area contributed by atoms with Gasteiger partial charge < -0.3 is 10.5 Å². The topological polar surface area (TPSA) is 35.2 Å². The standard InChI is InChI=1S/C11H15F2NO/c1-7(2)10(14)8-4-3-5-9(6-8)15-11(12)13/h3-7,10-11H,14H2,1-2H3. The Kier molecular flexibility index (Phi) is 4.03. The number of alkyl halides is 2. The Hall–Kier alpha value is -1.16. The Morgan fingerprint density at radius 1 is 1.27 bits per heavy atom. The number of hydrogen-bond acceptors (Lipinski definition) is 2. The first kappa shape index (κ1) is 11.9. The lowest BCUT2D eigenvalue weighted by Crippen LogP contribution is -2.16. The Morgan fingerprint density at radius 3 is 2.47 bits per heavy atom. The highest BCUT2D eigenvalue weighted by Gasteiger charge is 2.12. The first-order chi connectivity index (χ1) is 7.00. The van der Waals surface area contributed by atoms with Gasteiger partial charge in [-0.1, -0.05) is 26.0 Å². The molecule has 0 aliphatic heterocycles. The molecule has 0 amide bonds. The SMILES string of the molecule is CC(C)C(N)c1cccc(OC(F)F)c1. The summed E-state index contributed by atoms with van der Waals surface area (Å²) >= 11 is 0. The summed E-state index contributed by atoms with van der Waals surface area (Å²) in [7, 11) is 0. The maximum atomic E-state index is 12.0. The van der Waals surface area contributed by atoms with E-state index in [4.69, 9.17) is 5.73 Å². The van der Waals surface area contributed by atoms with Gasteiger partial charge in [-0.25, -0.2) is 0 Å². The molecule has 1 atom stereocenters. The number of hydrogen-bond donors (Lipinski definition) is 1. The van der Waals surface area contributed by atoms with Crippen LogP contribution in [-0.4, -0.2) is 6.61 Å². The molecule has 0 saturated carbocycles. The third kappa shape index (κ3) is 3.47. The summed E-state index contributed by atoms with van der Waals surface area (Å²) in [5, 5.41) is 0. The van der Waals surface area contributed by atoms with Crippen LogP contribution >= 0.6 is 0 Å². The van der Waals surface area contributed by atoms with Gasteiger partial charge in [-0.3, -0.25) is 0 Å². The van der Waals surface area contributed by atoms with E-state index in [1.54, 1.807) is 12.1 Å². The minimum Gasteiger partial charge on any atom is -0.435 e. The summed E-state index contributed by atoms with van der Waals surface area (Å²) in [6.45, 7) is 1.16. The highest BCUT2D eigenvalue weighted by atomic mass is 19.3. The second-order valence-corrected chi connectivity index (χ2v) is 3.72. The van der Waals surface area contributed by atoms with Crippen LogP contribution in [0, 0.1) is 5.92 Å². The van der Waals surface area contributed by atoms with Gasteiger partial charge in [0.2, 0.25) is 0 Å². The van der Waals surface area contributed by atoms with Crippen molar-refractivity contribution in [1.29, 1.82) is 0 Å². The molecule has 2 nitrogen and oxygen atoms in total. The van der Waals surface area contributed by atoms with Crippen LogP contribution in [0.5, 0.6) is 5.75 Å². The summed E-state index contributed by atoms with van der Waals surface area (Å²) < 4.78 is 28.2. The average molecular weight is 215 g/mol. The van der Waals surface area contributed by atoms with E-state index >= 15 is 0 Å². The van der Waals surface area contributed by atoms with Gasteiger partial charge in [-0.15, -0.1) is 0 Å². The van der Waals surface area contributed by atoms with Crippen LogP contribution in [0.2, 0.25) is 0 Å². The van der Waals surface area contributed by atoms with Crippen LogP contribution < -0.4 is 10.5 Å². The second kappa shape index (κ2) is 5.07. The van der Waals surface area contributed by atoms with Crippen molar-refractivity contribution in [2.24, 2.45) is 11.7 Å². The van der Waals surface area contributed by atoms with E-state index in [2.05, 4.69) is 4.74 Å². The van der Waals surface area contributed by atoms with Gasteiger partial charge in [0.15, 0.2) is 0 Å². The monoisotopic (exact) mass is 215 g/mol. The lowest BCUT2D eigenvalue weighted by Gasteiger charge is -2.16. The summed E-state index contributed by atoms with van der Waals surface area (Å²) in [4.78, 5) is 0. The molecule has 0 aromatic heterocycles. The molecule has 0 spiro atoms. The van der Waals surface area contributed by atoms with E-state index in [0.29, 0.717) is 0 Å². The molecule has 4 heteroatoms. The van der Waals surface area contributed by atoms with E-state index in [0.717, 1.165) is 5.56 Å². The minimum atomic E-state index is -2.80. The molecule has 0 heterocycles. The van der Waals surface area contributed by atoms with Crippen LogP contribution in [0.3, 0.4) is 0 Å². The number of benzene rings is 1. The molecule has 84 valence electrons. The van der Waals surface area contributed by atoms with Gasteiger partial charge in [-0.2, -0.15) is 8.78 Å². The van der Waals surface area contributed by atoms with Gasteiger partial charge in [0, 0.05) is 6.04 Å². The van der Waals surface area contributed by atoms with E-state index < -0.39 is 6.61 Å². The van der Waals surface area contributed by atoms with Crippen molar-refractivity contribution >= 4 is 0 Å². The van der Waals surface area contributed by atoms with E-state index in [1.165, 1.54) is 6.07 Å². The molecule has 0 aliphatic rings. The molecule has 1 aromatic rings. The first-order valence-corrected chi connectivity index (χ1v) is 4.81. The van der Waals surface area contributed by atoms with Crippen molar-refractivity contribution in [3.05, 3.63) is 29.8 Å². The van der Waals surface area contributed by atoms with Crippen molar-refractivity contribution in [3.63, 3.8) is 0 Å². The fourth-order valence-electron chi connectivity index (χ4n) is 1.28. The van der Waals surface area contributed by atoms with E-state index in [9.17, 15) is 8.78 Å². The summed E-state index contributed by atoms with van der Waals surface area (Å²) in [5.74, 6) is 0.408. The smallest absolute Gasteiger partial charge is 0.387 e. The first-order valence-electron chi connectivity index (χ1n) is 4.81. The Bertz CT molecular complexity index is 315. The largest absolute Gasteiger partial charge is 0.435 e. The highest BCUT2D eigenvalue weighted by Crippen LogP contribution is 2.23. The Labute approximate surface area is 88.0 Å². The van der Waals surface area contributed by atoms with E-state index in [-0.39, 0.29) is 17.7 Å². The lowest BCUT2D eigenvalue weighted by molar-refractivity contribution is -0.0499. The maximum absolute atomic E-state index is 12.0. The highest BCUT2D eigenvalue weighted by molar-refractivity contribution is 5.30. The fraction of sp³-hybridized carbons (Fsp3) is 0.455. The second-order valence-electron chi connectivity index (χ2n) is 3.72. The third-order valence-electron chi connectivity index (χ3n) is 2.19. The van der Waals surface area contributed by atoms with Gasteiger partial charge in [0.05, 0.1) is 0 Å². The van der Waals surface area contributed by atoms with Gasteiger partial charge in [0.1, 0.15) is 5.75 Å². The molecule has 1 unspecified atom stereocenters. The molecular formula is C11H15F2NO. The molecule has 1 aromatic carbocycles. The van der Waals surface area contributed by atoms with Crippen molar-refractivity contribution in [3.8, 4) is 5.75 Å². The van der Waals surface area contributed by atoms with Crippen molar-refractivity contribution < 1.29 is 13.5 Å². The van der Waals surface area contributed by atoms with Crippen molar-refractivity contribution in [2.45, 2.75) is 26.5 Å². The Morgan fingerprint density at radius 2 is 1.93 bits per heavy atom. The maximum Gasteiger partial charge on any atom is 0.387 e. The van der Waals surface area contributed by atoms with Gasteiger partial charge in [0.25, 0.3) is 0 Å². The molecule has 0 radical (unpaired) electrons. The summed E-state index contributed by atoms with van der Waals surface area (Å²) in [5.41, 5.74) is 6.70. The van der Waals surface area contributed by atoms with Crippen LogP contribution in [0.1, 0.15) is 25.5 Å². The normalized spacial score (nSPS) is 13.3.